The van der Waals surface area contributed by atoms with Gasteiger partial charge in [0.2, 0.25) is 10.0 Å². The van der Waals surface area contributed by atoms with Crippen molar-refractivity contribution < 1.29 is 17.2 Å². The second-order valence-electron chi connectivity index (χ2n) is 6.63. The van der Waals surface area contributed by atoms with Crippen molar-refractivity contribution in [2.75, 3.05) is 31.1 Å². The molecular formula is C18H18F2N4O2S2. The van der Waals surface area contributed by atoms with E-state index in [4.69, 9.17) is 0 Å². The summed E-state index contributed by atoms with van der Waals surface area (Å²) in [5.41, 5.74) is 1.12. The van der Waals surface area contributed by atoms with Crippen molar-refractivity contribution in [3.63, 3.8) is 0 Å². The molecule has 1 aliphatic rings. The lowest BCUT2D eigenvalue weighted by Gasteiger charge is -2.35. The van der Waals surface area contributed by atoms with Crippen molar-refractivity contribution in [1.82, 2.24) is 14.3 Å². The molecule has 0 aliphatic carbocycles. The SMILES string of the molecule is Cc1sc2ncnc(N3CCN(S(=O)(=O)c4cc(F)ccc4F)CC3)c2c1C. The molecular weight excluding hydrogens is 406 g/mol. The maximum Gasteiger partial charge on any atom is 0.246 e. The highest BCUT2D eigenvalue weighted by atomic mass is 32.2. The van der Waals surface area contributed by atoms with E-state index in [1.54, 1.807) is 11.3 Å². The minimum atomic E-state index is -4.11. The van der Waals surface area contributed by atoms with Crippen molar-refractivity contribution in [3.8, 4) is 0 Å². The Morgan fingerprint density at radius 3 is 2.50 bits per heavy atom. The Kier molecular flexibility index (Phi) is 4.80. The molecule has 28 heavy (non-hydrogen) atoms. The highest BCUT2D eigenvalue weighted by Gasteiger charge is 2.32. The maximum absolute atomic E-state index is 14.0. The number of aromatic nitrogens is 2. The molecule has 0 unspecified atom stereocenters. The molecule has 6 nitrogen and oxygen atoms in total. The summed E-state index contributed by atoms with van der Waals surface area (Å²) >= 11 is 1.60. The maximum atomic E-state index is 14.0. The Morgan fingerprint density at radius 2 is 1.79 bits per heavy atom. The fourth-order valence-corrected chi connectivity index (χ4v) is 5.85. The van der Waals surface area contributed by atoms with E-state index in [9.17, 15) is 17.2 Å². The number of thiophene rings is 1. The van der Waals surface area contributed by atoms with E-state index in [2.05, 4.69) is 9.97 Å². The predicted molar refractivity (Wildman–Crippen MR) is 104 cm³/mol. The Hall–Kier alpha value is -2.17. The number of rotatable bonds is 3. The van der Waals surface area contributed by atoms with Crippen LogP contribution in [0.4, 0.5) is 14.6 Å². The van der Waals surface area contributed by atoms with Gasteiger partial charge in [-0.3, -0.25) is 0 Å². The van der Waals surface area contributed by atoms with Gasteiger partial charge in [0.1, 0.15) is 33.5 Å². The largest absolute Gasteiger partial charge is 0.353 e. The van der Waals surface area contributed by atoms with Gasteiger partial charge in [-0.2, -0.15) is 4.31 Å². The Bertz CT molecular complexity index is 1160. The van der Waals surface area contributed by atoms with Crippen LogP contribution in [0.5, 0.6) is 0 Å². The summed E-state index contributed by atoms with van der Waals surface area (Å²) < 4.78 is 54.1. The van der Waals surface area contributed by atoms with E-state index in [-0.39, 0.29) is 13.1 Å². The molecule has 1 aromatic carbocycles. The molecule has 0 N–H and O–H groups in total. The first-order valence-corrected chi connectivity index (χ1v) is 11.0. The molecule has 148 valence electrons. The predicted octanol–water partition coefficient (Wildman–Crippen LogP) is 3.10. The molecule has 0 saturated carbocycles. The first-order valence-electron chi connectivity index (χ1n) is 8.70. The number of benzene rings is 1. The molecule has 3 aromatic rings. The monoisotopic (exact) mass is 424 g/mol. The van der Waals surface area contributed by atoms with Gasteiger partial charge < -0.3 is 4.90 Å². The van der Waals surface area contributed by atoms with E-state index in [0.717, 1.165) is 39.8 Å². The fourth-order valence-electron chi connectivity index (χ4n) is 3.36. The number of nitrogens with zero attached hydrogens (tertiary/aromatic N) is 4. The van der Waals surface area contributed by atoms with E-state index < -0.39 is 26.6 Å². The normalized spacial score (nSPS) is 16.1. The first-order chi connectivity index (χ1) is 13.3. The lowest BCUT2D eigenvalue weighted by atomic mass is 10.2. The first kappa shape index (κ1) is 19.2. The minimum Gasteiger partial charge on any atom is -0.353 e. The van der Waals surface area contributed by atoms with Crippen LogP contribution >= 0.6 is 11.3 Å². The molecule has 0 spiro atoms. The van der Waals surface area contributed by atoms with E-state index >= 15 is 0 Å². The van der Waals surface area contributed by atoms with Gasteiger partial charge in [-0.1, -0.05) is 0 Å². The van der Waals surface area contributed by atoms with Gasteiger partial charge in [0.05, 0.1) is 5.39 Å². The quantitative estimate of drug-likeness (QED) is 0.646. The smallest absolute Gasteiger partial charge is 0.246 e. The van der Waals surface area contributed by atoms with Crippen molar-refractivity contribution in [3.05, 3.63) is 46.6 Å². The molecule has 0 amide bonds. The summed E-state index contributed by atoms with van der Waals surface area (Å²) in [5, 5.41) is 0.984. The number of sulfonamides is 1. The Morgan fingerprint density at radius 1 is 1.07 bits per heavy atom. The summed E-state index contributed by atoms with van der Waals surface area (Å²) in [4.78, 5) is 12.2. The number of fused-ring (bicyclic) bond motifs is 1. The zero-order valence-corrected chi connectivity index (χ0v) is 16.9. The molecule has 0 bridgehead atoms. The molecule has 1 saturated heterocycles. The number of halogens is 2. The molecule has 3 heterocycles. The number of aryl methyl sites for hydroxylation is 2. The highest BCUT2D eigenvalue weighted by molar-refractivity contribution is 7.89. The molecule has 1 aliphatic heterocycles. The fraction of sp³-hybridized carbons (Fsp3) is 0.333. The molecule has 2 aromatic heterocycles. The summed E-state index contributed by atoms with van der Waals surface area (Å²) in [6.07, 6.45) is 1.51. The van der Waals surface area contributed by atoms with Crippen LogP contribution in [0.15, 0.2) is 29.4 Å². The highest BCUT2D eigenvalue weighted by Crippen LogP contribution is 2.34. The van der Waals surface area contributed by atoms with Crippen LogP contribution in [-0.2, 0) is 10.0 Å². The van der Waals surface area contributed by atoms with Gasteiger partial charge in [0.15, 0.2) is 0 Å². The van der Waals surface area contributed by atoms with Crippen LogP contribution < -0.4 is 4.90 Å². The average Bonchev–Trinajstić information content (AvgIpc) is 2.98. The second-order valence-corrected chi connectivity index (χ2v) is 9.74. The van der Waals surface area contributed by atoms with Gasteiger partial charge in [0, 0.05) is 31.1 Å². The third kappa shape index (κ3) is 3.15. The number of hydrogen-bond donors (Lipinski definition) is 0. The third-order valence-corrected chi connectivity index (χ3v) is 8.02. The van der Waals surface area contributed by atoms with Crippen LogP contribution in [0, 0.1) is 25.5 Å². The van der Waals surface area contributed by atoms with Gasteiger partial charge in [-0.25, -0.2) is 27.2 Å². The Balaban J connectivity index is 1.60. The third-order valence-electron chi connectivity index (χ3n) is 4.99. The number of anilines is 1. The van der Waals surface area contributed by atoms with Crippen molar-refractivity contribution in [2.45, 2.75) is 18.7 Å². The lowest BCUT2D eigenvalue weighted by molar-refractivity contribution is 0.381. The van der Waals surface area contributed by atoms with E-state index in [1.165, 1.54) is 15.5 Å². The molecule has 1 fully saturated rings. The summed E-state index contributed by atoms with van der Waals surface area (Å²) in [5.74, 6) is -0.961. The van der Waals surface area contributed by atoms with Crippen LogP contribution in [-0.4, -0.2) is 48.9 Å². The van der Waals surface area contributed by atoms with Crippen molar-refractivity contribution in [2.24, 2.45) is 0 Å². The summed E-state index contributed by atoms with van der Waals surface area (Å²) in [6, 6.07) is 2.46. The van der Waals surface area contributed by atoms with Crippen LogP contribution in [0.25, 0.3) is 10.2 Å². The average molecular weight is 424 g/mol. The number of piperazine rings is 1. The van der Waals surface area contributed by atoms with Gasteiger partial charge >= 0.3 is 0 Å². The minimum absolute atomic E-state index is 0.159. The van der Waals surface area contributed by atoms with Gasteiger partial charge in [-0.15, -0.1) is 11.3 Å². The van der Waals surface area contributed by atoms with E-state index in [1.807, 2.05) is 18.7 Å². The Labute approximate surface area is 165 Å². The van der Waals surface area contributed by atoms with Crippen LogP contribution in [0.3, 0.4) is 0 Å². The van der Waals surface area contributed by atoms with E-state index in [0.29, 0.717) is 13.1 Å². The molecule has 0 atom stereocenters. The van der Waals surface area contributed by atoms with Crippen molar-refractivity contribution >= 4 is 37.4 Å². The van der Waals surface area contributed by atoms with Gasteiger partial charge in [-0.05, 0) is 37.6 Å². The summed E-state index contributed by atoms with van der Waals surface area (Å²) in [7, 11) is -4.11. The molecule has 4 rings (SSSR count). The van der Waals surface area contributed by atoms with Gasteiger partial charge in [0.25, 0.3) is 0 Å². The van der Waals surface area contributed by atoms with Crippen LogP contribution in [0.1, 0.15) is 10.4 Å². The standard InChI is InChI=1S/C18H18F2N4O2S2/c1-11-12(2)27-18-16(11)17(21-10-22-18)23-5-7-24(8-6-23)28(25,26)15-9-13(19)3-4-14(15)20/h3-4,9-10H,5-8H2,1-2H3. The molecule has 0 radical (unpaired) electrons. The lowest BCUT2D eigenvalue weighted by Crippen LogP contribution is -2.49. The zero-order valence-electron chi connectivity index (χ0n) is 15.3. The topological polar surface area (TPSA) is 66.4 Å². The van der Waals surface area contributed by atoms with Crippen LogP contribution in [0.2, 0.25) is 0 Å². The second kappa shape index (κ2) is 7.02. The zero-order chi connectivity index (χ0) is 20.1. The van der Waals surface area contributed by atoms with Crippen molar-refractivity contribution in [1.29, 1.82) is 0 Å². The summed E-state index contributed by atoms with van der Waals surface area (Å²) in [6.45, 7) is 5.17. The number of hydrogen-bond acceptors (Lipinski definition) is 6. The molecule has 10 heteroatoms.